The minimum atomic E-state index is -1.01. The summed E-state index contributed by atoms with van der Waals surface area (Å²) in [5.41, 5.74) is 0. The number of carboxylic acids is 1. The molecule has 3 unspecified atom stereocenters. The Bertz CT molecular complexity index is 322. The van der Waals surface area contributed by atoms with Gasteiger partial charge >= 0.3 is 12.0 Å². The maximum Gasteiger partial charge on any atom is 0.326 e. The monoisotopic (exact) mass is 272 g/mol. The van der Waals surface area contributed by atoms with Crippen LogP contribution >= 0.6 is 0 Å². The molecule has 6 nitrogen and oxygen atoms in total. The van der Waals surface area contributed by atoms with Gasteiger partial charge in [-0.2, -0.15) is 0 Å². The highest BCUT2D eigenvalue weighted by Gasteiger charge is 2.28. The summed E-state index contributed by atoms with van der Waals surface area (Å²) in [5, 5.41) is 21.7. The molecule has 0 aromatic rings. The lowest BCUT2D eigenvalue weighted by Crippen LogP contribution is -2.52. The van der Waals surface area contributed by atoms with Gasteiger partial charge in [-0.1, -0.05) is 26.2 Å². The lowest BCUT2D eigenvalue weighted by molar-refractivity contribution is -0.141. The van der Waals surface area contributed by atoms with Crippen molar-refractivity contribution in [2.75, 3.05) is 7.05 Å². The van der Waals surface area contributed by atoms with Gasteiger partial charge in [0.05, 0.1) is 12.1 Å². The van der Waals surface area contributed by atoms with Gasteiger partial charge in [0.1, 0.15) is 6.04 Å². The third-order valence-electron chi connectivity index (χ3n) is 3.75. The molecule has 19 heavy (non-hydrogen) atoms. The van der Waals surface area contributed by atoms with Crippen LogP contribution in [0.25, 0.3) is 0 Å². The first-order chi connectivity index (χ1) is 8.97. The molecule has 1 fully saturated rings. The number of rotatable bonds is 4. The van der Waals surface area contributed by atoms with E-state index < -0.39 is 24.1 Å². The van der Waals surface area contributed by atoms with E-state index in [0.29, 0.717) is 12.8 Å². The molecule has 1 aliphatic carbocycles. The zero-order valence-corrected chi connectivity index (χ0v) is 11.6. The Morgan fingerprint density at radius 2 is 1.95 bits per heavy atom. The molecule has 1 rings (SSSR count). The number of nitrogens with zero attached hydrogens (tertiary/aromatic N) is 1. The van der Waals surface area contributed by atoms with Crippen molar-refractivity contribution in [1.29, 1.82) is 0 Å². The normalized spacial score (nSPS) is 25.2. The molecular formula is C13H24N2O4. The number of aliphatic carboxylic acids is 1. The van der Waals surface area contributed by atoms with Crippen LogP contribution in [0, 0.1) is 0 Å². The number of carbonyl (C=O) groups excluding carboxylic acids is 1. The summed E-state index contributed by atoms with van der Waals surface area (Å²) in [6, 6.07) is -1.54. The van der Waals surface area contributed by atoms with Gasteiger partial charge in [-0.05, 0) is 19.3 Å². The van der Waals surface area contributed by atoms with E-state index >= 15 is 0 Å². The number of amides is 2. The molecule has 0 aromatic heterocycles. The largest absolute Gasteiger partial charge is 0.480 e. The Labute approximate surface area is 113 Å². The van der Waals surface area contributed by atoms with Crippen molar-refractivity contribution >= 4 is 12.0 Å². The summed E-state index contributed by atoms with van der Waals surface area (Å²) in [6.07, 6.45) is 4.25. The first kappa shape index (κ1) is 15.8. The Hall–Kier alpha value is -1.30. The summed E-state index contributed by atoms with van der Waals surface area (Å²) >= 11 is 0. The van der Waals surface area contributed by atoms with Crippen LogP contribution in [0.5, 0.6) is 0 Å². The van der Waals surface area contributed by atoms with Crippen molar-refractivity contribution in [2.45, 2.75) is 63.6 Å². The number of aliphatic hydroxyl groups is 1. The Balaban J connectivity index is 2.59. The van der Waals surface area contributed by atoms with E-state index in [0.717, 1.165) is 25.7 Å². The smallest absolute Gasteiger partial charge is 0.326 e. The highest BCUT2D eigenvalue weighted by Crippen LogP contribution is 2.18. The van der Waals surface area contributed by atoms with Gasteiger partial charge in [0.2, 0.25) is 0 Å². The van der Waals surface area contributed by atoms with E-state index in [1.807, 2.05) is 0 Å². The molecule has 1 saturated carbocycles. The predicted octanol–water partition coefficient (Wildman–Crippen LogP) is 1.18. The van der Waals surface area contributed by atoms with Crippen LogP contribution in [-0.4, -0.2) is 52.3 Å². The number of carboxylic acid groups (broad SMARTS) is 1. The van der Waals surface area contributed by atoms with E-state index in [9.17, 15) is 14.7 Å². The molecule has 6 heteroatoms. The first-order valence-electron chi connectivity index (χ1n) is 6.91. The zero-order valence-electron chi connectivity index (χ0n) is 11.6. The Morgan fingerprint density at radius 1 is 1.32 bits per heavy atom. The third kappa shape index (κ3) is 4.38. The van der Waals surface area contributed by atoms with Crippen molar-refractivity contribution < 1.29 is 19.8 Å². The maximum absolute atomic E-state index is 12.0. The van der Waals surface area contributed by atoms with Crippen LogP contribution < -0.4 is 5.32 Å². The van der Waals surface area contributed by atoms with E-state index in [1.54, 1.807) is 6.92 Å². The number of likely N-dealkylation sites (N-methyl/N-ethyl adjacent to an activating group) is 1. The zero-order chi connectivity index (χ0) is 14.4. The summed E-state index contributed by atoms with van der Waals surface area (Å²) in [5.74, 6) is -1.01. The highest BCUT2D eigenvalue weighted by atomic mass is 16.4. The molecule has 0 aliphatic heterocycles. The van der Waals surface area contributed by atoms with Gasteiger partial charge in [-0.3, -0.25) is 0 Å². The van der Waals surface area contributed by atoms with E-state index in [2.05, 4.69) is 5.32 Å². The van der Waals surface area contributed by atoms with Gasteiger partial charge < -0.3 is 20.4 Å². The molecule has 0 radical (unpaired) electrons. The second kappa shape index (κ2) is 7.33. The summed E-state index contributed by atoms with van der Waals surface area (Å²) in [4.78, 5) is 24.2. The molecule has 0 aromatic carbocycles. The Kier molecular flexibility index (Phi) is 6.08. The average molecular weight is 272 g/mol. The van der Waals surface area contributed by atoms with Crippen LogP contribution in [0.3, 0.4) is 0 Å². The molecule has 0 heterocycles. The molecule has 3 N–H and O–H groups in total. The van der Waals surface area contributed by atoms with Crippen molar-refractivity contribution in [2.24, 2.45) is 0 Å². The fraction of sp³-hybridized carbons (Fsp3) is 0.846. The molecular weight excluding hydrogens is 248 g/mol. The van der Waals surface area contributed by atoms with Gasteiger partial charge in [-0.25, -0.2) is 9.59 Å². The molecule has 3 atom stereocenters. The summed E-state index contributed by atoms with van der Waals surface area (Å²) < 4.78 is 0. The number of urea groups is 1. The second-order valence-corrected chi connectivity index (χ2v) is 5.13. The van der Waals surface area contributed by atoms with Gasteiger partial charge in [0, 0.05) is 7.05 Å². The van der Waals surface area contributed by atoms with Gasteiger partial charge in [0.15, 0.2) is 0 Å². The predicted molar refractivity (Wildman–Crippen MR) is 70.9 cm³/mol. The molecule has 2 amide bonds. The van der Waals surface area contributed by atoms with Crippen molar-refractivity contribution in [3.05, 3.63) is 0 Å². The van der Waals surface area contributed by atoms with Crippen LogP contribution in [0.15, 0.2) is 0 Å². The highest BCUT2D eigenvalue weighted by molar-refractivity contribution is 5.82. The lowest BCUT2D eigenvalue weighted by Gasteiger charge is -2.28. The summed E-state index contributed by atoms with van der Waals surface area (Å²) in [6.45, 7) is 1.73. The number of aliphatic hydroxyl groups excluding tert-OH is 1. The average Bonchev–Trinajstić information content (AvgIpc) is 2.55. The minimum Gasteiger partial charge on any atom is -0.480 e. The van der Waals surface area contributed by atoms with Gasteiger partial charge in [0.25, 0.3) is 0 Å². The molecule has 110 valence electrons. The van der Waals surface area contributed by atoms with Crippen molar-refractivity contribution in [3.63, 3.8) is 0 Å². The van der Waals surface area contributed by atoms with Crippen LogP contribution in [0.2, 0.25) is 0 Å². The first-order valence-corrected chi connectivity index (χ1v) is 6.91. The Morgan fingerprint density at radius 3 is 2.53 bits per heavy atom. The lowest BCUT2D eigenvalue weighted by atomic mass is 10.1. The van der Waals surface area contributed by atoms with E-state index in [-0.39, 0.29) is 6.04 Å². The molecule has 0 saturated heterocycles. The van der Waals surface area contributed by atoms with Crippen LogP contribution in [-0.2, 0) is 4.79 Å². The quantitative estimate of drug-likeness (QED) is 0.670. The van der Waals surface area contributed by atoms with E-state index in [1.165, 1.54) is 11.9 Å². The number of hydrogen-bond acceptors (Lipinski definition) is 3. The number of carbonyl (C=O) groups is 2. The maximum atomic E-state index is 12.0. The number of nitrogens with one attached hydrogen (secondary N) is 1. The van der Waals surface area contributed by atoms with Crippen LogP contribution in [0.4, 0.5) is 4.79 Å². The second-order valence-electron chi connectivity index (χ2n) is 5.13. The SMILES string of the molecule is CCC(C(=O)O)N(C)C(=O)NC1CCCCCC1O. The minimum absolute atomic E-state index is 0.274. The molecule has 0 spiro atoms. The van der Waals surface area contributed by atoms with Crippen molar-refractivity contribution in [1.82, 2.24) is 10.2 Å². The number of hydrogen-bond donors (Lipinski definition) is 3. The molecule has 1 aliphatic rings. The van der Waals surface area contributed by atoms with Crippen molar-refractivity contribution in [3.8, 4) is 0 Å². The fourth-order valence-corrected chi connectivity index (χ4v) is 2.47. The van der Waals surface area contributed by atoms with Crippen LogP contribution in [0.1, 0.15) is 45.4 Å². The van der Waals surface area contributed by atoms with Gasteiger partial charge in [-0.15, -0.1) is 0 Å². The standard InChI is InChI=1S/C13H24N2O4/c1-3-10(12(17)18)15(2)13(19)14-9-7-5-4-6-8-11(9)16/h9-11,16H,3-8H2,1-2H3,(H,14,19)(H,17,18). The molecule has 0 bridgehead atoms. The fourth-order valence-electron chi connectivity index (χ4n) is 2.47. The topological polar surface area (TPSA) is 89.9 Å². The summed E-state index contributed by atoms with van der Waals surface area (Å²) in [7, 11) is 1.47. The van der Waals surface area contributed by atoms with E-state index in [4.69, 9.17) is 5.11 Å². The third-order valence-corrected chi connectivity index (χ3v) is 3.75.